The van der Waals surface area contributed by atoms with Crippen LogP contribution in [0, 0.1) is 5.92 Å². The smallest absolute Gasteiger partial charge is 0.356 e. The first-order chi connectivity index (χ1) is 13.9. The minimum Gasteiger partial charge on any atom is -0.356 e. The Hall–Kier alpha value is -1.76. The third-order valence-corrected chi connectivity index (χ3v) is 6.16. The summed E-state index contributed by atoms with van der Waals surface area (Å²) in [7, 11) is 1.80. The van der Waals surface area contributed by atoms with Crippen LogP contribution >= 0.6 is 0 Å². The minimum absolute atomic E-state index is 0.0457. The molecule has 1 aromatic carbocycles. The quantitative estimate of drug-likeness (QED) is 0.564. The summed E-state index contributed by atoms with van der Waals surface area (Å²) in [4.78, 5) is 9.31. The van der Waals surface area contributed by atoms with E-state index in [4.69, 9.17) is 0 Å². The number of alkyl halides is 3. The van der Waals surface area contributed by atoms with Gasteiger partial charge in [0.1, 0.15) is 0 Å². The van der Waals surface area contributed by atoms with Crippen molar-refractivity contribution in [2.45, 2.75) is 44.7 Å². The van der Waals surface area contributed by atoms with Crippen LogP contribution in [-0.4, -0.2) is 62.1 Å². The Balaban J connectivity index is 1.45. The molecule has 1 N–H and O–H groups in total. The van der Waals surface area contributed by atoms with E-state index in [0.717, 1.165) is 37.1 Å². The molecule has 2 unspecified atom stereocenters. The van der Waals surface area contributed by atoms with Gasteiger partial charge in [0.25, 0.3) is 0 Å². The van der Waals surface area contributed by atoms with Gasteiger partial charge in [-0.05, 0) is 62.2 Å². The highest BCUT2D eigenvalue weighted by Crippen LogP contribution is 2.31. The largest absolute Gasteiger partial charge is 0.416 e. The zero-order valence-corrected chi connectivity index (χ0v) is 17.5. The molecule has 2 heterocycles. The number of nitrogens with zero attached hydrogens (tertiary/aromatic N) is 3. The van der Waals surface area contributed by atoms with Crippen molar-refractivity contribution >= 4 is 5.96 Å². The van der Waals surface area contributed by atoms with Gasteiger partial charge in [0.15, 0.2) is 5.96 Å². The van der Waals surface area contributed by atoms with Crippen molar-refractivity contribution in [1.29, 1.82) is 0 Å². The number of hydrogen-bond acceptors (Lipinski definition) is 2. The molecule has 0 radical (unpaired) electrons. The van der Waals surface area contributed by atoms with E-state index in [0.29, 0.717) is 12.5 Å². The zero-order chi connectivity index (χ0) is 20.9. The second kappa shape index (κ2) is 9.83. The number of nitrogens with one attached hydrogen (secondary N) is 1. The van der Waals surface area contributed by atoms with Gasteiger partial charge in [-0.15, -0.1) is 0 Å². The van der Waals surface area contributed by atoms with Gasteiger partial charge >= 0.3 is 6.18 Å². The van der Waals surface area contributed by atoms with Crippen LogP contribution in [0.3, 0.4) is 0 Å². The number of halogens is 3. The second-order valence-corrected chi connectivity index (χ2v) is 8.40. The van der Waals surface area contributed by atoms with Crippen molar-refractivity contribution in [1.82, 2.24) is 15.1 Å². The molecule has 0 aliphatic carbocycles. The summed E-state index contributed by atoms with van der Waals surface area (Å²) >= 11 is 0. The molecule has 2 atom stereocenters. The van der Waals surface area contributed by atoms with Gasteiger partial charge in [0, 0.05) is 33.2 Å². The van der Waals surface area contributed by atoms with Gasteiger partial charge in [0.2, 0.25) is 0 Å². The Morgan fingerprint density at radius 3 is 2.69 bits per heavy atom. The molecule has 3 rings (SSSR count). The molecule has 1 aromatic rings. The Morgan fingerprint density at radius 2 is 2.00 bits per heavy atom. The Morgan fingerprint density at radius 1 is 1.24 bits per heavy atom. The van der Waals surface area contributed by atoms with Gasteiger partial charge in [-0.25, -0.2) is 0 Å². The average Bonchev–Trinajstić information content (AvgIpc) is 3.37. The molecule has 162 valence electrons. The lowest BCUT2D eigenvalue weighted by atomic mass is 9.96. The standard InChI is InChI=1S/C22H33F3N4/c1-17(19-6-5-7-20(14-19)22(23,24)25)8-10-27-21(26-2)29-13-9-18(16-29)15-28-11-3-4-12-28/h5-7,14,17-18H,3-4,8-13,15-16H2,1-2H3,(H,26,27). The van der Waals surface area contributed by atoms with Crippen molar-refractivity contribution in [3.05, 3.63) is 35.4 Å². The van der Waals surface area contributed by atoms with Crippen LogP contribution in [0.25, 0.3) is 0 Å². The molecule has 0 amide bonds. The van der Waals surface area contributed by atoms with E-state index in [1.165, 1.54) is 51.0 Å². The molecular formula is C22H33F3N4. The first-order valence-corrected chi connectivity index (χ1v) is 10.7. The third-order valence-electron chi connectivity index (χ3n) is 6.16. The number of hydrogen-bond donors (Lipinski definition) is 1. The topological polar surface area (TPSA) is 30.9 Å². The maximum absolute atomic E-state index is 12.9. The molecule has 2 aliphatic heterocycles. The van der Waals surface area contributed by atoms with Crippen molar-refractivity contribution in [2.75, 3.05) is 46.3 Å². The van der Waals surface area contributed by atoms with Gasteiger partial charge in [-0.2, -0.15) is 13.2 Å². The van der Waals surface area contributed by atoms with Crippen molar-refractivity contribution < 1.29 is 13.2 Å². The molecule has 2 aliphatic rings. The lowest BCUT2D eigenvalue weighted by Gasteiger charge is -2.24. The maximum atomic E-state index is 12.9. The van der Waals surface area contributed by atoms with Gasteiger partial charge in [-0.3, -0.25) is 4.99 Å². The van der Waals surface area contributed by atoms with E-state index in [-0.39, 0.29) is 5.92 Å². The summed E-state index contributed by atoms with van der Waals surface area (Å²) in [5.41, 5.74) is 0.148. The molecule has 4 nitrogen and oxygen atoms in total. The number of benzene rings is 1. The Labute approximate surface area is 172 Å². The number of aliphatic imine (C=N–C) groups is 1. The third kappa shape index (κ3) is 6.11. The Bertz CT molecular complexity index is 683. The van der Waals surface area contributed by atoms with Crippen LogP contribution in [0.5, 0.6) is 0 Å². The van der Waals surface area contributed by atoms with Gasteiger partial charge in [-0.1, -0.05) is 25.1 Å². The van der Waals surface area contributed by atoms with E-state index in [2.05, 4.69) is 20.1 Å². The van der Waals surface area contributed by atoms with Crippen molar-refractivity contribution in [2.24, 2.45) is 10.9 Å². The molecule has 29 heavy (non-hydrogen) atoms. The van der Waals surface area contributed by atoms with Crippen LogP contribution in [0.4, 0.5) is 13.2 Å². The number of guanidine groups is 1. The fourth-order valence-corrected chi connectivity index (χ4v) is 4.43. The molecule has 2 saturated heterocycles. The second-order valence-electron chi connectivity index (χ2n) is 8.40. The first kappa shape index (κ1) is 21.9. The van der Waals surface area contributed by atoms with Crippen LogP contribution in [0.15, 0.2) is 29.3 Å². The van der Waals surface area contributed by atoms with Crippen LogP contribution in [-0.2, 0) is 6.18 Å². The van der Waals surface area contributed by atoms with Gasteiger partial charge in [0.05, 0.1) is 5.56 Å². The molecule has 0 bridgehead atoms. The monoisotopic (exact) mass is 410 g/mol. The van der Waals surface area contributed by atoms with Gasteiger partial charge < -0.3 is 15.1 Å². The van der Waals surface area contributed by atoms with Crippen molar-refractivity contribution in [3.63, 3.8) is 0 Å². The average molecular weight is 411 g/mol. The fourth-order valence-electron chi connectivity index (χ4n) is 4.43. The number of rotatable bonds is 6. The summed E-state index contributed by atoms with van der Waals surface area (Å²) in [6, 6.07) is 5.66. The van der Waals surface area contributed by atoms with E-state index >= 15 is 0 Å². The highest BCUT2D eigenvalue weighted by atomic mass is 19.4. The molecular weight excluding hydrogens is 377 g/mol. The molecule has 0 spiro atoms. The zero-order valence-electron chi connectivity index (χ0n) is 17.5. The lowest BCUT2D eigenvalue weighted by molar-refractivity contribution is -0.137. The number of likely N-dealkylation sites (tertiary alicyclic amines) is 2. The molecule has 0 saturated carbocycles. The molecule has 0 aromatic heterocycles. The predicted molar refractivity (Wildman–Crippen MR) is 111 cm³/mol. The highest BCUT2D eigenvalue weighted by Gasteiger charge is 2.31. The predicted octanol–water partition coefficient (Wildman–Crippen LogP) is 4.19. The van der Waals surface area contributed by atoms with Crippen LogP contribution in [0.2, 0.25) is 0 Å². The summed E-state index contributed by atoms with van der Waals surface area (Å²) in [5.74, 6) is 1.64. The summed E-state index contributed by atoms with van der Waals surface area (Å²) in [6.07, 6.45) is 0.300. The molecule has 2 fully saturated rings. The Kier molecular flexibility index (Phi) is 7.44. The van der Waals surface area contributed by atoms with E-state index in [1.807, 2.05) is 6.92 Å². The minimum atomic E-state index is -4.29. The summed E-state index contributed by atoms with van der Waals surface area (Å²) in [6.45, 7) is 8.35. The fraction of sp³-hybridized carbons (Fsp3) is 0.682. The molecule has 7 heteroatoms. The highest BCUT2D eigenvalue weighted by molar-refractivity contribution is 5.80. The van der Waals surface area contributed by atoms with Crippen LogP contribution < -0.4 is 5.32 Å². The SMILES string of the molecule is CN=C(NCCC(C)c1cccc(C(F)(F)F)c1)N1CCC(CN2CCCC2)C1. The van der Waals surface area contributed by atoms with Crippen LogP contribution in [0.1, 0.15) is 49.7 Å². The normalized spacial score (nSPS) is 22.3. The summed E-state index contributed by atoms with van der Waals surface area (Å²) in [5, 5.41) is 3.41. The maximum Gasteiger partial charge on any atom is 0.416 e. The van der Waals surface area contributed by atoms with E-state index in [1.54, 1.807) is 13.1 Å². The lowest BCUT2D eigenvalue weighted by Crippen LogP contribution is -2.41. The summed E-state index contributed by atoms with van der Waals surface area (Å²) < 4.78 is 38.8. The van der Waals surface area contributed by atoms with E-state index in [9.17, 15) is 13.2 Å². The van der Waals surface area contributed by atoms with Crippen molar-refractivity contribution in [3.8, 4) is 0 Å². The van der Waals surface area contributed by atoms with E-state index < -0.39 is 11.7 Å². The first-order valence-electron chi connectivity index (χ1n) is 10.7.